The predicted molar refractivity (Wildman–Crippen MR) is 43.5 cm³/mol. The minimum Gasteiger partial charge on any atom is -0.324 e. The lowest BCUT2D eigenvalue weighted by Gasteiger charge is -2.04. The van der Waals surface area contributed by atoms with Gasteiger partial charge < -0.3 is 5.73 Å². The summed E-state index contributed by atoms with van der Waals surface area (Å²) >= 11 is 0. The summed E-state index contributed by atoms with van der Waals surface area (Å²) in [7, 11) is 0. The minimum absolute atomic E-state index is 0.0208. The maximum Gasteiger partial charge on any atom is 0.292 e. The highest BCUT2D eigenvalue weighted by atomic mass is 16.6. The second-order valence-electron chi connectivity index (χ2n) is 2.48. The maximum atomic E-state index is 10.4. The molecule has 1 heterocycles. The predicted octanol–water partition coefficient (Wildman–Crippen LogP) is 1.01. The van der Waals surface area contributed by atoms with Crippen LogP contribution in [0.3, 0.4) is 0 Å². The monoisotopic (exact) mass is 167 g/mol. The van der Waals surface area contributed by atoms with Gasteiger partial charge in [0.1, 0.15) is 6.20 Å². The summed E-state index contributed by atoms with van der Waals surface area (Å²) < 4.78 is 0. The molecule has 0 radical (unpaired) electrons. The van der Waals surface area contributed by atoms with Gasteiger partial charge in [0.15, 0.2) is 0 Å². The van der Waals surface area contributed by atoms with E-state index in [4.69, 9.17) is 5.73 Å². The zero-order chi connectivity index (χ0) is 9.14. The highest BCUT2D eigenvalue weighted by molar-refractivity contribution is 5.38. The van der Waals surface area contributed by atoms with Crippen molar-refractivity contribution >= 4 is 5.69 Å². The van der Waals surface area contributed by atoms with Crippen molar-refractivity contribution in [3.63, 3.8) is 0 Å². The summed E-state index contributed by atoms with van der Waals surface area (Å²) in [5, 5.41) is 10.4. The van der Waals surface area contributed by atoms with Crippen LogP contribution in [0.2, 0.25) is 0 Å². The lowest BCUT2D eigenvalue weighted by atomic mass is 10.1. The van der Waals surface area contributed by atoms with E-state index in [1.165, 1.54) is 12.4 Å². The molecule has 5 heteroatoms. The van der Waals surface area contributed by atoms with Gasteiger partial charge in [-0.05, 0) is 13.0 Å². The van der Waals surface area contributed by atoms with Crippen molar-refractivity contribution < 1.29 is 4.92 Å². The molecule has 0 saturated heterocycles. The molecule has 5 nitrogen and oxygen atoms in total. The van der Waals surface area contributed by atoms with Gasteiger partial charge in [0, 0.05) is 17.8 Å². The number of aromatic nitrogens is 1. The zero-order valence-corrected chi connectivity index (χ0v) is 6.60. The van der Waals surface area contributed by atoms with Gasteiger partial charge in [0.25, 0.3) is 5.69 Å². The van der Waals surface area contributed by atoms with E-state index >= 15 is 0 Å². The molecule has 1 aromatic rings. The second kappa shape index (κ2) is 3.27. The molecule has 0 unspecified atom stereocenters. The van der Waals surface area contributed by atoms with Crippen molar-refractivity contribution in [1.82, 2.24) is 4.98 Å². The summed E-state index contributed by atoms with van der Waals surface area (Å²) in [5.41, 5.74) is 6.01. The molecule has 0 saturated carbocycles. The van der Waals surface area contributed by atoms with E-state index in [0.717, 1.165) is 0 Å². The van der Waals surface area contributed by atoms with Crippen LogP contribution in [0.25, 0.3) is 0 Å². The number of nitrogens with two attached hydrogens (primary N) is 1. The number of hydrogen-bond acceptors (Lipinski definition) is 4. The molecule has 0 spiro atoms. The molecule has 64 valence electrons. The first-order chi connectivity index (χ1) is 5.63. The van der Waals surface area contributed by atoms with E-state index in [1.807, 2.05) is 0 Å². The first kappa shape index (κ1) is 8.61. The molecule has 0 bridgehead atoms. The average Bonchev–Trinajstić information content (AvgIpc) is 2.04. The van der Waals surface area contributed by atoms with Crippen LogP contribution in [-0.2, 0) is 0 Å². The number of nitrogens with zero attached hydrogens (tertiary/aromatic N) is 2. The molecule has 0 aliphatic rings. The molecule has 0 aromatic carbocycles. The number of nitro groups is 1. The Balaban J connectivity index is 3.17. The Hall–Kier alpha value is -1.49. The van der Waals surface area contributed by atoms with Crippen LogP contribution in [0.4, 0.5) is 5.69 Å². The average molecular weight is 167 g/mol. The number of hydrogen-bond donors (Lipinski definition) is 1. The fourth-order valence-corrected chi connectivity index (χ4v) is 0.934. The molecule has 12 heavy (non-hydrogen) atoms. The van der Waals surface area contributed by atoms with Gasteiger partial charge in [-0.2, -0.15) is 0 Å². The van der Waals surface area contributed by atoms with Crippen LogP contribution < -0.4 is 5.73 Å². The van der Waals surface area contributed by atoms with Gasteiger partial charge in [-0.25, -0.2) is 0 Å². The normalized spacial score (nSPS) is 12.5. The third kappa shape index (κ3) is 1.57. The summed E-state index contributed by atoms with van der Waals surface area (Å²) in [4.78, 5) is 13.6. The SMILES string of the molecule is C[C@@H](N)c1ccncc1[N+](=O)[O-]. The Kier molecular flexibility index (Phi) is 2.35. The molecule has 0 fully saturated rings. The van der Waals surface area contributed by atoms with E-state index in [0.29, 0.717) is 5.56 Å². The van der Waals surface area contributed by atoms with Gasteiger partial charge in [-0.3, -0.25) is 15.1 Å². The van der Waals surface area contributed by atoms with Crippen LogP contribution in [0.1, 0.15) is 18.5 Å². The Labute approximate surface area is 69.4 Å². The van der Waals surface area contributed by atoms with Crippen molar-refractivity contribution in [2.45, 2.75) is 13.0 Å². The van der Waals surface area contributed by atoms with Crippen LogP contribution in [0.5, 0.6) is 0 Å². The van der Waals surface area contributed by atoms with E-state index in [9.17, 15) is 10.1 Å². The third-order valence-electron chi connectivity index (χ3n) is 1.52. The van der Waals surface area contributed by atoms with Gasteiger partial charge in [-0.1, -0.05) is 0 Å². The second-order valence-corrected chi connectivity index (χ2v) is 2.48. The summed E-state index contributed by atoms with van der Waals surface area (Å²) in [6, 6.07) is 1.22. The molecular weight excluding hydrogens is 158 g/mol. The van der Waals surface area contributed by atoms with Crippen LogP contribution in [-0.4, -0.2) is 9.91 Å². The maximum absolute atomic E-state index is 10.4. The van der Waals surface area contributed by atoms with Gasteiger partial charge in [-0.15, -0.1) is 0 Å². The third-order valence-corrected chi connectivity index (χ3v) is 1.52. The molecule has 2 N–H and O–H groups in total. The quantitative estimate of drug-likeness (QED) is 0.526. The minimum atomic E-state index is -0.480. The molecular formula is C7H9N3O2. The molecule has 1 aromatic heterocycles. The van der Waals surface area contributed by atoms with Crippen molar-refractivity contribution in [3.8, 4) is 0 Å². The van der Waals surface area contributed by atoms with Crippen LogP contribution >= 0.6 is 0 Å². The highest BCUT2D eigenvalue weighted by Crippen LogP contribution is 2.20. The van der Waals surface area contributed by atoms with E-state index < -0.39 is 4.92 Å². The Morgan fingerprint density at radius 1 is 1.75 bits per heavy atom. The largest absolute Gasteiger partial charge is 0.324 e. The topological polar surface area (TPSA) is 82.0 Å². The van der Waals surface area contributed by atoms with Gasteiger partial charge >= 0.3 is 0 Å². The molecule has 0 aliphatic carbocycles. The first-order valence-corrected chi connectivity index (χ1v) is 3.47. The standard InChI is InChI=1S/C7H9N3O2/c1-5(8)6-2-3-9-4-7(6)10(11)12/h2-5H,8H2,1H3/t5-/m1/s1. The Morgan fingerprint density at radius 3 is 2.83 bits per heavy atom. The van der Waals surface area contributed by atoms with Crippen LogP contribution in [0, 0.1) is 10.1 Å². The number of pyridine rings is 1. The van der Waals surface area contributed by atoms with Crippen LogP contribution in [0.15, 0.2) is 18.5 Å². The summed E-state index contributed by atoms with van der Waals surface area (Å²) in [6.07, 6.45) is 2.70. The molecule has 1 rings (SSSR count). The van der Waals surface area contributed by atoms with Crippen molar-refractivity contribution in [2.75, 3.05) is 0 Å². The lowest BCUT2D eigenvalue weighted by Crippen LogP contribution is -2.08. The summed E-state index contributed by atoms with van der Waals surface area (Å²) in [6.45, 7) is 1.70. The van der Waals surface area contributed by atoms with Gasteiger partial charge in [0.2, 0.25) is 0 Å². The summed E-state index contributed by atoms with van der Waals surface area (Å²) in [5.74, 6) is 0. The Morgan fingerprint density at radius 2 is 2.42 bits per heavy atom. The zero-order valence-electron chi connectivity index (χ0n) is 6.60. The van der Waals surface area contributed by atoms with E-state index in [1.54, 1.807) is 13.0 Å². The van der Waals surface area contributed by atoms with E-state index in [-0.39, 0.29) is 11.7 Å². The number of rotatable bonds is 2. The highest BCUT2D eigenvalue weighted by Gasteiger charge is 2.15. The molecule has 0 aliphatic heterocycles. The molecule has 1 atom stereocenters. The first-order valence-electron chi connectivity index (χ1n) is 3.47. The van der Waals surface area contributed by atoms with Gasteiger partial charge in [0.05, 0.1) is 4.92 Å². The lowest BCUT2D eigenvalue weighted by molar-refractivity contribution is -0.386. The van der Waals surface area contributed by atoms with Crippen molar-refractivity contribution in [1.29, 1.82) is 0 Å². The fraction of sp³-hybridized carbons (Fsp3) is 0.286. The Bertz CT molecular complexity index is 298. The van der Waals surface area contributed by atoms with E-state index in [2.05, 4.69) is 4.98 Å². The smallest absolute Gasteiger partial charge is 0.292 e. The fourth-order valence-electron chi connectivity index (χ4n) is 0.934. The van der Waals surface area contributed by atoms with Crippen molar-refractivity contribution in [2.24, 2.45) is 5.73 Å². The molecule has 0 amide bonds. The van der Waals surface area contributed by atoms with Crippen molar-refractivity contribution in [3.05, 3.63) is 34.1 Å².